The van der Waals surface area contributed by atoms with E-state index in [2.05, 4.69) is 16.8 Å². The van der Waals surface area contributed by atoms with Crippen LogP contribution >= 0.6 is 0 Å². The number of pyridine rings is 1. The zero-order chi connectivity index (χ0) is 18.1. The van der Waals surface area contributed by atoms with E-state index in [9.17, 15) is 9.18 Å². The maximum atomic E-state index is 12.9. The Balaban J connectivity index is 1.54. The van der Waals surface area contributed by atoms with E-state index in [4.69, 9.17) is 0 Å². The van der Waals surface area contributed by atoms with Crippen molar-refractivity contribution in [3.05, 3.63) is 65.2 Å². The number of rotatable bonds is 1. The van der Waals surface area contributed by atoms with Gasteiger partial charge in [-0.1, -0.05) is 24.7 Å². The van der Waals surface area contributed by atoms with E-state index >= 15 is 0 Å². The highest BCUT2D eigenvalue weighted by Crippen LogP contribution is 2.44. The maximum absolute atomic E-state index is 12.9. The van der Waals surface area contributed by atoms with E-state index in [1.165, 1.54) is 25.0 Å². The largest absolute Gasteiger partial charge is 0.342 e. The zero-order valence-corrected chi connectivity index (χ0v) is 14.8. The zero-order valence-electron chi connectivity index (χ0n) is 14.8. The third-order valence-corrected chi connectivity index (χ3v) is 5.62. The molecule has 4 rings (SSSR count). The minimum absolute atomic E-state index is 0.121. The van der Waals surface area contributed by atoms with Crippen molar-refractivity contribution in [3.8, 4) is 11.8 Å². The average Bonchev–Trinajstić information content (AvgIpc) is 2.93. The summed E-state index contributed by atoms with van der Waals surface area (Å²) in [5.41, 5.74) is 2.40. The molecule has 3 nitrogen and oxygen atoms in total. The van der Waals surface area contributed by atoms with Gasteiger partial charge < -0.3 is 4.90 Å². The number of amides is 1. The maximum Gasteiger partial charge on any atom is 0.232 e. The van der Waals surface area contributed by atoms with Crippen molar-refractivity contribution in [1.29, 1.82) is 0 Å². The molecule has 1 aromatic heterocycles. The Morgan fingerprint density at radius 1 is 1.04 bits per heavy atom. The number of nitrogens with zero attached hydrogens (tertiary/aromatic N) is 2. The number of halogens is 1. The number of carbonyl (C=O) groups is 1. The van der Waals surface area contributed by atoms with Gasteiger partial charge >= 0.3 is 0 Å². The van der Waals surface area contributed by atoms with Crippen LogP contribution in [0.3, 0.4) is 0 Å². The highest BCUT2D eigenvalue weighted by Gasteiger charge is 2.48. The van der Waals surface area contributed by atoms with Crippen LogP contribution in [0.25, 0.3) is 0 Å². The summed E-state index contributed by atoms with van der Waals surface area (Å²) in [4.78, 5) is 19.2. The van der Waals surface area contributed by atoms with Gasteiger partial charge in [0.25, 0.3) is 0 Å². The molecule has 2 heterocycles. The van der Waals surface area contributed by atoms with Gasteiger partial charge in [0.05, 0.1) is 11.6 Å². The Kier molecular flexibility index (Phi) is 4.46. The molecule has 0 spiro atoms. The van der Waals surface area contributed by atoms with Gasteiger partial charge in [0.2, 0.25) is 5.91 Å². The summed E-state index contributed by atoms with van der Waals surface area (Å²) in [6.07, 6.45) is 6.33. The number of aromatic nitrogens is 1. The minimum atomic E-state index is -0.270. The molecule has 1 aliphatic carbocycles. The lowest BCUT2D eigenvalue weighted by atomic mass is 9.78. The second-order valence-electron chi connectivity index (χ2n) is 7.17. The normalized spacial score (nSPS) is 24.8. The first-order valence-corrected chi connectivity index (χ1v) is 9.14. The Bertz CT molecular complexity index is 864. The number of likely N-dealkylation sites (N-methyl/N-ethyl adjacent to an activating group) is 1. The summed E-state index contributed by atoms with van der Waals surface area (Å²) >= 11 is 0. The summed E-state index contributed by atoms with van der Waals surface area (Å²) < 4.78 is 12.9. The molecule has 1 saturated heterocycles. The molecule has 1 unspecified atom stereocenters. The Hall–Kier alpha value is -2.67. The van der Waals surface area contributed by atoms with Crippen molar-refractivity contribution in [2.24, 2.45) is 5.92 Å². The Morgan fingerprint density at radius 2 is 1.73 bits per heavy atom. The molecule has 1 amide bonds. The van der Waals surface area contributed by atoms with E-state index in [-0.39, 0.29) is 17.6 Å². The molecule has 0 bridgehead atoms. The number of likely N-dealkylation sites (tertiary alicyclic amines) is 1. The van der Waals surface area contributed by atoms with Crippen LogP contribution in [0.15, 0.2) is 42.6 Å². The number of hydrogen-bond acceptors (Lipinski definition) is 2. The van der Waals surface area contributed by atoms with Crippen molar-refractivity contribution >= 4 is 5.91 Å². The highest BCUT2D eigenvalue weighted by atomic mass is 19.1. The van der Waals surface area contributed by atoms with Crippen molar-refractivity contribution in [3.63, 3.8) is 0 Å². The standard InChI is InChI=1S/C22H21FN2O/c1-25-20-5-3-2-4-18(20)21(22(25)26)19-13-10-16(14-24-19)7-6-15-8-11-17(23)12-9-15/h8-14,18,20-21H,2-5H2,1H3/t18-,20+,21?/m0/s1. The second kappa shape index (κ2) is 6.92. The van der Waals surface area contributed by atoms with Crippen LogP contribution < -0.4 is 0 Å². The molecule has 3 atom stereocenters. The fourth-order valence-corrected chi connectivity index (χ4v) is 4.26. The molecule has 2 aromatic rings. The van der Waals surface area contributed by atoms with E-state index in [1.54, 1.807) is 18.3 Å². The number of benzene rings is 1. The van der Waals surface area contributed by atoms with Crippen molar-refractivity contribution in [1.82, 2.24) is 9.88 Å². The molecule has 26 heavy (non-hydrogen) atoms. The molecule has 0 radical (unpaired) electrons. The van der Waals surface area contributed by atoms with Gasteiger partial charge in [-0.2, -0.15) is 0 Å². The molecule has 132 valence electrons. The van der Waals surface area contributed by atoms with Crippen LogP contribution in [0, 0.1) is 23.6 Å². The van der Waals surface area contributed by atoms with Gasteiger partial charge in [-0.3, -0.25) is 9.78 Å². The number of hydrogen-bond donors (Lipinski definition) is 0. The first-order valence-electron chi connectivity index (χ1n) is 9.14. The van der Waals surface area contributed by atoms with Crippen LogP contribution in [-0.4, -0.2) is 28.9 Å². The molecular formula is C22H21FN2O. The molecule has 1 saturated carbocycles. The lowest BCUT2D eigenvalue weighted by Crippen LogP contribution is -2.33. The smallest absolute Gasteiger partial charge is 0.232 e. The van der Waals surface area contributed by atoms with Crippen molar-refractivity contribution in [2.45, 2.75) is 37.6 Å². The molecule has 2 fully saturated rings. The fourth-order valence-electron chi connectivity index (χ4n) is 4.26. The lowest BCUT2D eigenvalue weighted by Gasteiger charge is -2.29. The third-order valence-electron chi connectivity index (χ3n) is 5.62. The van der Waals surface area contributed by atoms with Gasteiger partial charge in [0.1, 0.15) is 5.82 Å². The van der Waals surface area contributed by atoms with Gasteiger partial charge in [-0.05, 0) is 55.2 Å². The van der Waals surface area contributed by atoms with Gasteiger partial charge in [0.15, 0.2) is 0 Å². The van der Waals surface area contributed by atoms with Crippen molar-refractivity contribution in [2.75, 3.05) is 7.05 Å². The van der Waals surface area contributed by atoms with Crippen LogP contribution in [0.2, 0.25) is 0 Å². The van der Waals surface area contributed by atoms with Gasteiger partial charge in [-0.25, -0.2) is 4.39 Å². The van der Waals surface area contributed by atoms with E-state index < -0.39 is 0 Å². The number of fused-ring (bicyclic) bond motifs is 1. The predicted octanol–water partition coefficient (Wildman–Crippen LogP) is 3.73. The predicted molar refractivity (Wildman–Crippen MR) is 97.9 cm³/mol. The van der Waals surface area contributed by atoms with Crippen LogP contribution in [0.1, 0.15) is 48.4 Å². The average molecular weight is 348 g/mol. The summed E-state index contributed by atoms with van der Waals surface area (Å²) in [5.74, 6) is 6.23. The SMILES string of the molecule is CN1C(=O)C(c2ccc(C#Cc3ccc(F)cc3)cn2)[C@H]2CCCC[C@H]21. The number of carbonyl (C=O) groups excluding carboxylic acids is 1. The molecule has 0 N–H and O–H groups in total. The highest BCUT2D eigenvalue weighted by molar-refractivity contribution is 5.86. The lowest BCUT2D eigenvalue weighted by molar-refractivity contribution is -0.128. The summed E-state index contributed by atoms with van der Waals surface area (Å²) in [5, 5.41) is 0. The van der Waals surface area contributed by atoms with Gasteiger partial charge in [-0.15, -0.1) is 0 Å². The second-order valence-corrected chi connectivity index (χ2v) is 7.17. The molecule has 1 aliphatic heterocycles. The van der Waals surface area contributed by atoms with Crippen LogP contribution in [-0.2, 0) is 4.79 Å². The van der Waals surface area contributed by atoms with E-state index in [0.717, 1.165) is 29.7 Å². The van der Waals surface area contributed by atoms with Gasteiger partial charge in [0, 0.05) is 30.4 Å². The monoisotopic (exact) mass is 348 g/mol. The first-order chi connectivity index (χ1) is 12.6. The first kappa shape index (κ1) is 16.8. The van der Waals surface area contributed by atoms with E-state index in [0.29, 0.717) is 12.0 Å². The molecule has 1 aromatic carbocycles. The molecular weight excluding hydrogens is 327 g/mol. The Labute approximate surface area is 153 Å². The summed E-state index contributed by atoms with van der Waals surface area (Å²) in [6, 6.07) is 10.3. The van der Waals surface area contributed by atoms with Crippen LogP contribution in [0.4, 0.5) is 4.39 Å². The quantitative estimate of drug-likeness (QED) is 0.736. The topological polar surface area (TPSA) is 33.2 Å². The van der Waals surface area contributed by atoms with E-state index in [1.807, 2.05) is 24.1 Å². The molecule has 4 heteroatoms. The Morgan fingerprint density at radius 3 is 2.46 bits per heavy atom. The fraction of sp³-hybridized carbons (Fsp3) is 0.364. The van der Waals surface area contributed by atoms with Crippen LogP contribution in [0.5, 0.6) is 0 Å². The minimum Gasteiger partial charge on any atom is -0.342 e. The van der Waals surface area contributed by atoms with Crippen molar-refractivity contribution < 1.29 is 9.18 Å². The molecule has 2 aliphatic rings. The summed E-state index contributed by atoms with van der Waals surface area (Å²) in [6.45, 7) is 0. The third kappa shape index (κ3) is 3.10. The summed E-state index contributed by atoms with van der Waals surface area (Å²) in [7, 11) is 1.92.